The number of aliphatic carboxylic acids is 1. The van der Waals surface area contributed by atoms with Crippen molar-refractivity contribution in [3.63, 3.8) is 0 Å². The molecule has 7 heteroatoms. The minimum absolute atomic E-state index is 0.351. The van der Waals surface area contributed by atoms with Crippen LogP contribution in [0.25, 0.3) is 0 Å². The van der Waals surface area contributed by atoms with E-state index in [1.165, 1.54) is 0 Å². The van der Waals surface area contributed by atoms with Crippen LogP contribution in [0.5, 0.6) is 5.75 Å². The summed E-state index contributed by atoms with van der Waals surface area (Å²) in [4.78, 5) is 20.1. The summed E-state index contributed by atoms with van der Waals surface area (Å²) in [6.07, 6.45) is -2.03. The van der Waals surface area contributed by atoms with Crippen molar-refractivity contribution in [3.8, 4) is 5.75 Å². The van der Waals surface area contributed by atoms with Crippen LogP contribution < -0.4 is 0 Å². The first-order chi connectivity index (χ1) is 6.93. The highest BCUT2D eigenvalue weighted by Crippen LogP contribution is 2.28. The number of aliphatic hydroxyl groups is 1. The van der Waals surface area contributed by atoms with Crippen molar-refractivity contribution in [2.75, 3.05) is 0 Å². The Morgan fingerprint density at radius 2 is 2.07 bits per heavy atom. The molecule has 7 nitrogen and oxygen atoms in total. The molecule has 0 heterocycles. The number of nitro groups is 1. The van der Waals surface area contributed by atoms with Gasteiger partial charge in [0.15, 0.2) is 6.10 Å². The summed E-state index contributed by atoms with van der Waals surface area (Å²) in [6, 6.07) is 2.81. The zero-order chi connectivity index (χ0) is 11.6. The maximum absolute atomic E-state index is 10.5. The predicted molar refractivity (Wildman–Crippen MR) is 47.4 cm³/mol. The zero-order valence-electron chi connectivity index (χ0n) is 7.32. The third kappa shape index (κ3) is 2.20. The predicted octanol–water partition coefficient (Wildman–Crippen LogP) is 0.418. The molecule has 0 aliphatic carbocycles. The van der Waals surface area contributed by atoms with Gasteiger partial charge < -0.3 is 15.3 Å². The van der Waals surface area contributed by atoms with Crippen molar-refractivity contribution in [3.05, 3.63) is 33.9 Å². The fraction of sp³-hybridized carbons (Fsp3) is 0.125. The van der Waals surface area contributed by atoms with Crippen molar-refractivity contribution in [2.45, 2.75) is 6.10 Å². The fourth-order valence-electron chi connectivity index (χ4n) is 1.06. The average molecular weight is 213 g/mol. The monoisotopic (exact) mass is 213 g/mol. The summed E-state index contributed by atoms with van der Waals surface area (Å²) >= 11 is 0. The smallest absolute Gasteiger partial charge is 0.337 e. The van der Waals surface area contributed by atoms with Crippen LogP contribution in [0.3, 0.4) is 0 Å². The molecule has 0 bridgehead atoms. The van der Waals surface area contributed by atoms with Crippen LogP contribution >= 0.6 is 0 Å². The number of hydrogen-bond acceptors (Lipinski definition) is 5. The number of carbonyl (C=O) groups is 1. The number of aliphatic hydroxyl groups excluding tert-OH is 1. The second-order valence-electron chi connectivity index (χ2n) is 2.74. The summed E-state index contributed by atoms with van der Waals surface area (Å²) in [5.74, 6) is -1.97. The van der Waals surface area contributed by atoms with Crippen molar-refractivity contribution in [1.82, 2.24) is 0 Å². The number of phenols is 1. The fourth-order valence-corrected chi connectivity index (χ4v) is 1.06. The van der Waals surface area contributed by atoms with Crippen LogP contribution in [0.15, 0.2) is 18.2 Å². The van der Waals surface area contributed by atoms with Crippen molar-refractivity contribution < 1.29 is 25.0 Å². The van der Waals surface area contributed by atoms with Crippen LogP contribution in [0.2, 0.25) is 0 Å². The molecule has 80 valence electrons. The van der Waals surface area contributed by atoms with Crippen LogP contribution in [0, 0.1) is 10.1 Å². The summed E-state index contributed by atoms with van der Waals surface area (Å²) in [5.41, 5.74) is -1.00. The highest BCUT2D eigenvalue weighted by atomic mass is 16.6. The molecule has 0 aliphatic rings. The minimum atomic E-state index is -2.03. The maximum atomic E-state index is 10.5. The molecule has 0 saturated heterocycles. The second kappa shape index (κ2) is 3.93. The van der Waals surface area contributed by atoms with E-state index in [1.807, 2.05) is 0 Å². The second-order valence-corrected chi connectivity index (χ2v) is 2.74. The van der Waals surface area contributed by atoms with Crippen LogP contribution in [-0.4, -0.2) is 26.2 Å². The Bertz CT molecular complexity index is 416. The third-order valence-electron chi connectivity index (χ3n) is 1.74. The molecule has 15 heavy (non-hydrogen) atoms. The first-order valence-corrected chi connectivity index (χ1v) is 3.81. The first-order valence-electron chi connectivity index (χ1n) is 3.81. The van der Waals surface area contributed by atoms with E-state index >= 15 is 0 Å². The van der Waals surface area contributed by atoms with Crippen LogP contribution in [0.1, 0.15) is 11.7 Å². The molecule has 0 saturated carbocycles. The van der Waals surface area contributed by atoms with Gasteiger partial charge in [0.25, 0.3) is 5.69 Å². The SMILES string of the molecule is O=C(O)C(O)c1cc(O)ccc1[N+](=O)[O-]. The molecule has 0 amide bonds. The van der Waals surface area contributed by atoms with Gasteiger partial charge in [0.1, 0.15) is 5.75 Å². The number of aromatic hydroxyl groups is 1. The lowest BCUT2D eigenvalue weighted by molar-refractivity contribution is -0.386. The average Bonchev–Trinajstić information content (AvgIpc) is 2.15. The van der Waals surface area contributed by atoms with Crippen molar-refractivity contribution in [1.29, 1.82) is 0 Å². The van der Waals surface area contributed by atoms with Crippen LogP contribution in [-0.2, 0) is 4.79 Å². The highest BCUT2D eigenvalue weighted by Gasteiger charge is 2.25. The molecule has 0 radical (unpaired) electrons. The standard InChI is InChI=1S/C8H7NO6/c10-4-1-2-6(9(14)15)5(3-4)7(11)8(12)13/h1-3,7,10-11H,(H,12,13). The van der Waals surface area contributed by atoms with Gasteiger partial charge in [-0.15, -0.1) is 0 Å². The highest BCUT2D eigenvalue weighted by molar-refractivity contribution is 5.76. The van der Waals surface area contributed by atoms with E-state index in [2.05, 4.69) is 0 Å². The Labute approximate surface area is 83.4 Å². The van der Waals surface area contributed by atoms with E-state index in [0.29, 0.717) is 0 Å². The summed E-state index contributed by atoms with van der Waals surface area (Å²) in [6.45, 7) is 0. The Balaban J connectivity index is 3.30. The van der Waals surface area contributed by atoms with Gasteiger partial charge in [-0.3, -0.25) is 10.1 Å². The quantitative estimate of drug-likeness (QED) is 0.494. The molecule has 0 spiro atoms. The molecular formula is C8H7NO6. The van der Waals surface area contributed by atoms with Gasteiger partial charge in [-0.05, 0) is 12.1 Å². The molecule has 0 aliphatic heterocycles. The minimum Gasteiger partial charge on any atom is -0.508 e. The molecule has 1 aromatic carbocycles. The van der Waals surface area contributed by atoms with E-state index in [9.17, 15) is 14.9 Å². The molecule has 1 unspecified atom stereocenters. The lowest BCUT2D eigenvalue weighted by Gasteiger charge is -2.06. The number of phenolic OH excluding ortho intramolecular Hbond substituents is 1. The van der Waals surface area contributed by atoms with Crippen molar-refractivity contribution >= 4 is 11.7 Å². The van der Waals surface area contributed by atoms with Gasteiger partial charge in [0, 0.05) is 6.07 Å². The number of benzene rings is 1. The molecule has 0 aromatic heterocycles. The molecule has 1 aromatic rings. The summed E-state index contributed by atoms with van der Waals surface area (Å²) < 4.78 is 0. The number of rotatable bonds is 3. The normalized spacial score (nSPS) is 12.1. The van der Waals surface area contributed by atoms with E-state index in [-0.39, 0.29) is 5.75 Å². The third-order valence-corrected chi connectivity index (χ3v) is 1.74. The number of nitrogens with zero attached hydrogens (tertiary/aromatic N) is 1. The van der Waals surface area contributed by atoms with E-state index in [1.54, 1.807) is 0 Å². The van der Waals surface area contributed by atoms with Crippen LogP contribution in [0.4, 0.5) is 5.69 Å². The number of hydrogen-bond donors (Lipinski definition) is 3. The number of carboxylic acids is 1. The lowest BCUT2D eigenvalue weighted by Crippen LogP contribution is -2.12. The van der Waals surface area contributed by atoms with Crippen molar-refractivity contribution in [2.24, 2.45) is 0 Å². The zero-order valence-corrected chi connectivity index (χ0v) is 7.32. The Morgan fingerprint density at radius 1 is 1.47 bits per heavy atom. The van der Waals surface area contributed by atoms with E-state index < -0.39 is 28.2 Å². The number of nitro benzene ring substituents is 1. The van der Waals surface area contributed by atoms with Gasteiger partial charge >= 0.3 is 5.97 Å². The van der Waals surface area contributed by atoms with E-state index in [0.717, 1.165) is 18.2 Å². The summed E-state index contributed by atoms with van der Waals surface area (Å²) in [5, 5.41) is 37.1. The molecule has 1 rings (SSSR count). The van der Waals surface area contributed by atoms with Gasteiger partial charge in [-0.1, -0.05) is 0 Å². The first kappa shape index (κ1) is 10.9. The maximum Gasteiger partial charge on any atom is 0.337 e. The largest absolute Gasteiger partial charge is 0.508 e. The topological polar surface area (TPSA) is 121 Å². The Kier molecular flexibility index (Phi) is 2.86. The van der Waals surface area contributed by atoms with Gasteiger partial charge in [0.05, 0.1) is 10.5 Å². The van der Waals surface area contributed by atoms with Gasteiger partial charge in [-0.25, -0.2) is 4.79 Å². The summed E-state index contributed by atoms with van der Waals surface area (Å²) in [7, 11) is 0. The number of carboxylic acid groups (broad SMARTS) is 1. The molecule has 1 atom stereocenters. The Morgan fingerprint density at radius 3 is 2.53 bits per heavy atom. The Hall–Kier alpha value is -2.15. The van der Waals surface area contributed by atoms with E-state index in [4.69, 9.17) is 15.3 Å². The molecular weight excluding hydrogens is 206 g/mol. The van der Waals surface area contributed by atoms with Gasteiger partial charge in [-0.2, -0.15) is 0 Å². The molecule has 0 fully saturated rings. The van der Waals surface area contributed by atoms with Gasteiger partial charge in [0.2, 0.25) is 0 Å². The molecule has 3 N–H and O–H groups in total. The lowest BCUT2D eigenvalue weighted by atomic mass is 10.1.